The van der Waals surface area contributed by atoms with Gasteiger partial charge in [-0.05, 0) is 37.5 Å². The van der Waals surface area contributed by atoms with Gasteiger partial charge in [0.1, 0.15) is 11.7 Å². The zero-order valence-electron chi connectivity index (χ0n) is 14.0. The van der Waals surface area contributed by atoms with Gasteiger partial charge in [-0.3, -0.25) is 4.79 Å². The highest BCUT2D eigenvalue weighted by atomic mass is 16.5. The number of carbonyl (C=O) groups excluding carboxylic acids is 1. The van der Waals surface area contributed by atoms with Crippen LogP contribution in [0.25, 0.3) is 0 Å². The van der Waals surface area contributed by atoms with Crippen molar-refractivity contribution in [3.8, 4) is 11.8 Å². The molecule has 1 unspecified atom stereocenters. The Hall–Kier alpha value is -2.02. The molecular formula is C18H26N2O2. The van der Waals surface area contributed by atoms with Crippen molar-refractivity contribution in [2.45, 2.75) is 40.0 Å². The zero-order chi connectivity index (χ0) is 16.5. The quantitative estimate of drug-likeness (QED) is 0.737. The molecule has 0 saturated carbocycles. The van der Waals surface area contributed by atoms with Crippen molar-refractivity contribution in [3.05, 3.63) is 29.8 Å². The minimum Gasteiger partial charge on any atom is -0.494 e. The van der Waals surface area contributed by atoms with Gasteiger partial charge in [0.25, 0.3) is 0 Å². The molecule has 0 aromatic heterocycles. The van der Waals surface area contributed by atoms with Crippen molar-refractivity contribution >= 4 is 5.91 Å². The Kier molecular flexibility index (Phi) is 7.45. The van der Waals surface area contributed by atoms with E-state index in [1.54, 1.807) is 4.90 Å². The highest BCUT2D eigenvalue weighted by Crippen LogP contribution is 2.19. The van der Waals surface area contributed by atoms with Gasteiger partial charge in [-0.15, -0.1) is 0 Å². The first kappa shape index (κ1) is 18.0. The summed E-state index contributed by atoms with van der Waals surface area (Å²) in [7, 11) is 0. The van der Waals surface area contributed by atoms with Crippen molar-refractivity contribution in [3.63, 3.8) is 0 Å². The van der Waals surface area contributed by atoms with Gasteiger partial charge in [-0.2, -0.15) is 5.26 Å². The Morgan fingerprint density at radius 1 is 1.23 bits per heavy atom. The molecule has 4 nitrogen and oxygen atoms in total. The van der Waals surface area contributed by atoms with Crippen LogP contribution in [-0.4, -0.2) is 30.5 Å². The molecule has 4 heteroatoms. The molecule has 0 aliphatic heterocycles. The summed E-state index contributed by atoms with van der Waals surface area (Å²) < 4.78 is 5.65. The third kappa shape index (κ3) is 5.07. The van der Waals surface area contributed by atoms with Gasteiger partial charge in [0, 0.05) is 19.5 Å². The second-order valence-electron chi connectivity index (χ2n) is 5.55. The van der Waals surface area contributed by atoms with Crippen molar-refractivity contribution in [2.75, 3.05) is 19.7 Å². The summed E-state index contributed by atoms with van der Waals surface area (Å²) in [5.74, 6) is 0.529. The van der Waals surface area contributed by atoms with Gasteiger partial charge in [0.15, 0.2) is 0 Å². The van der Waals surface area contributed by atoms with Gasteiger partial charge < -0.3 is 9.64 Å². The van der Waals surface area contributed by atoms with E-state index in [4.69, 9.17) is 4.74 Å². The van der Waals surface area contributed by atoms with Crippen LogP contribution in [0.2, 0.25) is 0 Å². The lowest BCUT2D eigenvalue weighted by molar-refractivity contribution is -0.133. The summed E-state index contributed by atoms with van der Waals surface area (Å²) in [6.45, 7) is 9.76. The average Bonchev–Trinajstić information content (AvgIpc) is 2.53. The predicted molar refractivity (Wildman–Crippen MR) is 87.7 cm³/mol. The van der Waals surface area contributed by atoms with E-state index in [1.807, 2.05) is 38.1 Å². The zero-order valence-corrected chi connectivity index (χ0v) is 14.0. The Morgan fingerprint density at radius 2 is 1.82 bits per heavy atom. The normalized spacial score (nSPS) is 11.8. The lowest BCUT2D eigenvalue weighted by Crippen LogP contribution is -2.36. The molecule has 0 spiro atoms. The largest absolute Gasteiger partial charge is 0.494 e. The van der Waals surface area contributed by atoms with E-state index in [2.05, 4.69) is 19.9 Å². The van der Waals surface area contributed by atoms with Crippen LogP contribution in [-0.2, 0) is 4.79 Å². The van der Waals surface area contributed by atoms with E-state index < -0.39 is 5.92 Å². The van der Waals surface area contributed by atoms with E-state index >= 15 is 0 Å². The Balaban J connectivity index is 2.51. The number of ether oxygens (including phenoxy) is 1. The van der Waals surface area contributed by atoms with Gasteiger partial charge in [0.2, 0.25) is 5.91 Å². The second kappa shape index (κ2) is 9.09. The van der Waals surface area contributed by atoms with Gasteiger partial charge in [0.05, 0.1) is 12.7 Å². The summed E-state index contributed by atoms with van der Waals surface area (Å²) in [6.07, 6.45) is 0.414. The van der Waals surface area contributed by atoms with E-state index in [0.717, 1.165) is 5.75 Å². The highest BCUT2D eigenvalue weighted by molar-refractivity contribution is 5.81. The molecule has 0 N–H and O–H groups in total. The molecule has 0 heterocycles. The molecule has 22 heavy (non-hydrogen) atoms. The van der Waals surface area contributed by atoms with Crippen LogP contribution in [0.15, 0.2) is 24.3 Å². The molecule has 120 valence electrons. The number of hydrogen-bond acceptors (Lipinski definition) is 3. The first-order valence-corrected chi connectivity index (χ1v) is 7.94. The van der Waals surface area contributed by atoms with Crippen LogP contribution in [0.1, 0.15) is 45.6 Å². The number of benzene rings is 1. The van der Waals surface area contributed by atoms with Crippen LogP contribution in [0.4, 0.5) is 0 Å². The van der Waals surface area contributed by atoms with Gasteiger partial charge >= 0.3 is 0 Å². The maximum atomic E-state index is 12.1. The van der Waals surface area contributed by atoms with Crippen LogP contribution < -0.4 is 4.74 Å². The maximum Gasteiger partial charge on any atom is 0.240 e. The Labute approximate surface area is 133 Å². The number of amides is 1. The number of hydrogen-bond donors (Lipinski definition) is 0. The second-order valence-corrected chi connectivity index (χ2v) is 5.55. The number of nitriles is 1. The van der Waals surface area contributed by atoms with E-state index in [9.17, 15) is 10.1 Å². The fourth-order valence-corrected chi connectivity index (χ4v) is 2.24. The summed E-state index contributed by atoms with van der Waals surface area (Å²) in [5.41, 5.74) is 1.26. The summed E-state index contributed by atoms with van der Waals surface area (Å²) in [6, 6.07) is 10.0. The third-order valence-electron chi connectivity index (χ3n) is 3.75. The maximum absolute atomic E-state index is 12.1. The van der Waals surface area contributed by atoms with E-state index in [0.29, 0.717) is 32.0 Å². The molecule has 1 aromatic rings. The predicted octanol–water partition coefficient (Wildman–Crippen LogP) is 3.59. The third-order valence-corrected chi connectivity index (χ3v) is 3.75. The topological polar surface area (TPSA) is 53.3 Å². The standard InChI is InChI=1S/C18H26N2O2/c1-5-20(6-2)18(21)16(13-19)11-12-22-17-9-7-15(8-10-17)14(3)4/h7-10,14,16H,5-6,11-12H2,1-4H3. The van der Waals surface area contributed by atoms with Crippen LogP contribution in [0.5, 0.6) is 5.75 Å². The molecule has 0 radical (unpaired) electrons. The molecular weight excluding hydrogens is 276 g/mol. The van der Waals surface area contributed by atoms with Crippen molar-refractivity contribution in [1.82, 2.24) is 4.90 Å². The van der Waals surface area contributed by atoms with Crippen LogP contribution in [0, 0.1) is 17.2 Å². The molecule has 0 bridgehead atoms. The molecule has 1 atom stereocenters. The number of carbonyl (C=O) groups is 1. The molecule has 1 aromatic carbocycles. The number of rotatable bonds is 8. The monoisotopic (exact) mass is 302 g/mol. The van der Waals surface area contributed by atoms with Crippen LogP contribution in [0.3, 0.4) is 0 Å². The summed E-state index contributed by atoms with van der Waals surface area (Å²) in [4.78, 5) is 13.8. The van der Waals surface area contributed by atoms with Gasteiger partial charge in [-0.1, -0.05) is 26.0 Å². The van der Waals surface area contributed by atoms with E-state index in [1.165, 1.54) is 5.56 Å². The minimum absolute atomic E-state index is 0.105. The first-order chi connectivity index (χ1) is 10.5. The lowest BCUT2D eigenvalue weighted by Gasteiger charge is -2.21. The van der Waals surface area contributed by atoms with Crippen molar-refractivity contribution in [1.29, 1.82) is 5.26 Å². The van der Waals surface area contributed by atoms with Gasteiger partial charge in [-0.25, -0.2) is 0 Å². The highest BCUT2D eigenvalue weighted by Gasteiger charge is 2.22. The molecule has 0 aliphatic carbocycles. The Morgan fingerprint density at radius 3 is 2.27 bits per heavy atom. The van der Waals surface area contributed by atoms with Crippen LogP contribution >= 0.6 is 0 Å². The summed E-state index contributed by atoms with van der Waals surface area (Å²) in [5, 5.41) is 9.18. The SMILES string of the molecule is CCN(CC)C(=O)C(C#N)CCOc1ccc(C(C)C)cc1. The first-order valence-electron chi connectivity index (χ1n) is 7.94. The average molecular weight is 302 g/mol. The smallest absolute Gasteiger partial charge is 0.240 e. The Bertz CT molecular complexity index is 499. The van der Waals surface area contributed by atoms with Crippen molar-refractivity contribution in [2.24, 2.45) is 5.92 Å². The fraction of sp³-hybridized carbons (Fsp3) is 0.556. The fourth-order valence-electron chi connectivity index (χ4n) is 2.24. The molecule has 0 saturated heterocycles. The number of nitrogens with zero attached hydrogens (tertiary/aromatic N) is 2. The van der Waals surface area contributed by atoms with Crippen molar-refractivity contribution < 1.29 is 9.53 Å². The molecule has 1 amide bonds. The summed E-state index contributed by atoms with van der Waals surface area (Å²) >= 11 is 0. The molecule has 0 fully saturated rings. The molecule has 1 rings (SSSR count). The molecule has 0 aliphatic rings. The lowest BCUT2D eigenvalue weighted by atomic mass is 10.0. The minimum atomic E-state index is -0.630. The van der Waals surface area contributed by atoms with E-state index in [-0.39, 0.29) is 5.91 Å².